The highest BCUT2D eigenvalue weighted by Gasteiger charge is 2.43. The highest BCUT2D eigenvalue weighted by atomic mass is 16.5. The molecular weight excluding hydrogens is 324 g/mol. The van der Waals surface area contributed by atoms with Crippen LogP contribution in [0.5, 0.6) is 5.75 Å². The van der Waals surface area contributed by atoms with Gasteiger partial charge in [0.05, 0.1) is 13.2 Å². The molecule has 3 fully saturated rings. The summed E-state index contributed by atoms with van der Waals surface area (Å²) in [5.41, 5.74) is 1.20. The molecule has 4 unspecified atom stereocenters. The number of rotatable bonds is 6. The molecule has 26 heavy (non-hydrogen) atoms. The fourth-order valence-corrected chi connectivity index (χ4v) is 5.50. The van der Waals surface area contributed by atoms with E-state index in [1.54, 1.807) is 7.11 Å². The van der Waals surface area contributed by atoms with Crippen LogP contribution in [0, 0.1) is 17.8 Å². The van der Waals surface area contributed by atoms with Crippen molar-refractivity contribution in [2.45, 2.75) is 51.0 Å². The predicted molar refractivity (Wildman–Crippen MR) is 103 cm³/mol. The number of carbonyl (C=O) groups excluding carboxylic acids is 1. The van der Waals surface area contributed by atoms with E-state index >= 15 is 0 Å². The van der Waals surface area contributed by atoms with E-state index in [0.29, 0.717) is 12.5 Å². The van der Waals surface area contributed by atoms with Crippen LogP contribution in [0.1, 0.15) is 56.6 Å². The molecule has 1 amide bonds. The summed E-state index contributed by atoms with van der Waals surface area (Å²) >= 11 is 0. The number of hydrogen-bond donors (Lipinski definition) is 1. The number of ether oxygens (including phenoxy) is 1. The summed E-state index contributed by atoms with van der Waals surface area (Å²) in [7, 11) is 1.74. The third-order valence-corrected chi connectivity index (χ3v) is 6.87. The summed E-state index contributed by atoms with van der Waals surface area (Å²) < 4.78 is 5.62. The zero-order valence-corrected chi connectivity index (χ0v) is 16.0. The molecule has 3 aliphatic rings. The molecule has 1 aromatic rings. The monoisotopic (exact) mass is 356 g/mol. The van der Waals surface area contributed by atoms with Crippen molar-refractivity contribution >= 4 is 5.91 Å². The van der Waals surface area contributed by atoms with Gasteiger partial charge < -0.3 is 10.1 Å². The van der Waals surface area contributed by atoms with Gasteiger partial charge in [-0.3, -0.25) is 9.69 Å². The zero-order valence-electron chi connectivity index (χ0n) is 16.0. The number of fused-ring (bicyclic) bond motifs is 2. The molecule has 4 rings (SSSR count). The minimum Gasteiger partial charge on any atom is -0.496 e. The summed E-state index contributed by atoms with van der Waals surface area (Å²) in [6, 6.07) is 8.48. The summed E-state index contributed by atoms with van der Waals surface area (Å²) in [6.07, 6.45) is 8.78. The fourth-order valence-electron chi connectivity index (χ4n) is 5.50. The van der Waals surface area contributed by atoms with Gasteiger partial charge in [-0.1, -0.05) is 31.0 Å². The van der Waals surface area contributed by atoms with Gasteiger partial charge in [-0.05, 0) is 63.1 Å². The van der Waals surface area contributed by atoms with Gasteiger partial charge in [-0.25, -0.2) is 0 Å². The van der Waals surface area contributed by atoms with Crippen LogP contribution < -0.4 is 10.1 Å². The molecule has 0 radical (unpaired) electrons. The van der Waals surface area contributed by atoms with Gasteiger partial charge in [0.25, 0.3) is 0 Å². The minimum atomic E-state index is 0.203. The van der Waals surface area contributed by atoms with Crippen LogP contribution in [0.3, 0.4) is 0 Å². The lowest BCUT2D eigenvalue weighted by atomic mass is 9.88. The Morgan fingerprint density at radius 3 is 2.69 bits per heavy atom. The predicted octanol–water partition coefficient (Wildman–Crippen LogP) is 3.77. The Bertz CT molecular complexity index is 626. The van der Waals surface area contributed by atoms with Crippen LogP contribution in [-0.2, 0) is 4.79 Å². The third-order valence-electron chi connectivity index (χ3n) is 6.87. The Morgan fingerprint density at radius 1 is 1.19 bits per heavy atom. The molecular formula is C22H32N2O2. The molecule has 4 nitrogen and oxygen atoms in total. The van der Waals surface area contributed by atoms with Gasteiger partial charge >= 0.3 is 0 Å². The maximum absolute atomic E-state index is 12.8. The lowest BCUT2D eigenvalue weighted by Crippen LogP contribution is -2.43. The highest BCUT2D eigenvalue weighted by Crippen LogP contribution is 2.48. The zero-order chi connectivity index (χ0) is 17.9. The second-order valence-electron chi connectivity index (χ2n) is 8.38. The van der Waals surface area contributed by atoms with Crippen molar-refractivity contribution in [1.29, 1.82) is 0 Å². The SMILES string of the molecule is COc1ccccc1C(CNC(=O)C1CC2CCC1C2)N1CCCCC1. The van der Waals surface area contributed by atoms with E-state index in [1.165, 1.54) is 44.1 Å². The maximum Gasteiger partial charge on any atom is 0.223 e. The van der Waals surface area contributed by atoms with Crippen LogP contribution in [0.15, 0.2) is 24.3 Å². The molecule has 1 aliphatic heterocycles. The van der Waals surface area contributed by atoms with Crippen LogP contribution >= 0.6 is 0 Å². The minimum absolute atomic E-state index is 0.203. The van der Waals surface area contributed by atoms with E-state index in [2.05, 4.69) is 22.3 Å². The van der Waals surface area contributed by atoms with Crippen LogP contribution in [0.4, 0.5) is 0 Å². The molecule has 2 aliphatic carbocycles. The largest absolute Gasteiger partial charge is 0.496 e. The van der Waals surface area contributed by atoms with Crippen LogP contribution in [-0.4, -0.2) is 37.6 Å². The summed E-state index contributed by atoms with van der Waals surface area (Å²) in [4.78, 5) is 15.4. The van der Waals surface area contributed by atoms with Gasteiger partial charge in [0.15, 0.2) is 0 Å². The topological polar surface area (TPSA) is 41.6 Å². The first kappa shape index (κ1) is 17.8. The molecule has 4 heteroatoms. The van der Waals surface area contributed by atoms with E-state index in [9.17, 15) is 4.79 Å². The second kappa shape index (κ2) is 7.99. The molecule has 4 atom stereocenters. The number of nitrogens with one attached hydrogen (secondary N) is 1. The standard InChI is InChI=1S/C22H32N2O2/c1-26-21-8-4-3-7-18(21)20(24-11-5-2-6-12-24)15-23-22(25)19-14-16-9-10-17(19)13-16/h3-4,7-8,16-17,19-20H,2,5-6,9-15H2,1H3,(H,23,25). The molecule has 2 saturated carbocycles. The summed E-state index contributed by atoms with van der Waals surface area (Å²) in [5, 5.41) is 3.32. The number of nitrogens with zero attached hydrogens (tertiary/aromatic N) is 1. The smallest absolute Gasteiger partial charge is 0.223 e. The van der Waals surface area contributed by atoms with Crippen molar-refractivity contribution in [3.05, 3.63) is 29.8 Å². The van der Waals surface area contributed by atoms with Gasteiger partial charge in [0.1, 0.15) is 5.75 Å². The van der Waals surface area contributed by atoms with Crippen molar-refractivity contribution in [2.24, 2.45) is 17.8 Å². The number of amides is 1. The van der Waals surface area contributed by atoms with Crippen molar-refractivity contribution in [1.82, 2.24) is 10.2 Å². The van der Waals surface area contributed by atoms with Crippen molar-refractivity contribution in [2.75, 3.05) is 26.7 Å². The Hall–Kier alpha value is -1.55. The Labute approximate surface area is 157 Å². The number of likely N-dealkylation sites (tertiary alicyclic amines) is 1. The number of piperidine rings is 1. The number of benzene rings is 1. The first-order valence-electron chi connectivity index (χ1n) is 10.4. The lowest BCUT2D eigenvalue weighted by Gasteiger charge is -2.36. The van der Waals surface area contributed by atoms with E-state index in [4.69, 9.17) is 4.74 Å². The molecule has 1 aromatic carbocycles. The van der Waals surface area contributed by atoms with E-state index in [0.717, 1.165) is 31.2 Å². The first-order valence-corrected chi connectivity index (χ1v) is 10.4. The van der Waals surface area contributed by atoms with Crippen LogP contribution in [0.25, 0.3) is 0 Å². The number of para-hydroxylation sites is 1. The molecule has 0 spiro atoms. The average Bonchev–Trinajstić information content (AvgIpc) is 3.33. The molecule has 2 bridgehead atoms. The third kappa shape index (κ3) is 3.62. The maximum atomic E-state index is 12.8. The van der Waals surface area contributed by atoms with Gasteiger partial charge in [-0.15, -0.1) is 0 Å². The molecule has 0 aromatic heterocycles. The van der Waals surface area contributed by atoms with Crippen molar-refractivity contribution in [3.8, 4) is 5.75 Å². The quantitative estimate of drug-likeness (QED) is 0.843. The van der Waals surface area contributed by atoms with E-state index in [1.807, 2.05) is 12.1 Å². The van der Waals surface area contributed by atoms with Crippen LogP contribution in [0.2, 0.25) is 0 Å². The van der Waals surface area contributed by atoms with Crippen molar-refractivity contribution in [3.63, 3.8) is 0 Å². The molecule has 1 heterocycles. The molecule has 142 valence electrons. The fraction of sp³-hybridized carbons (Fsp3) is 0.682. The summed E-state index contributed by atoms with van der Waals surface area (Å²) in [5.74, 6) is 2.92. The van der Waals surface area contributed by atoms with E-state index in [-0.39, 0.29) is 17.9 Å². The Balaban J connectivity index is 1.47. The normalized spacial score (nSPS) is 29.5. The first-order chi connectivity index (χ1) is 12.8. The van der Waals surface area contributed by atoms with E-state index < -0.39 is 0 Å². The highest BCUT2D eigenvalue weighted by molar-refractivity contribution is 5.79. The Kier molecular flexibility index (Phi) is 5.49. The lowest BCUT2D eigenvalue weighted by molar-refractivity contribution is -0.126. The number of methoxy groups -OCH3 is 1. The summed E-state index contributed by atoms with van der Waals surface area (Å²) in [6.45, 7) is 2.90. The van der Waals surface area contributed by atoms with Gasteiger partial charge in [0, 0.05) is 18.0 Å². The molecule has 1 N–H and O–H groups in total. The van der Waals surface area contributed by atoms with Gasteiger partial charge in [-0.2, -0.15) is 0 Å². The Morgan fingerprint density at radius 2 is 2.00 bits per heavy atom. The average molecular weight is 357 g/mol. The van der Waals surface area contributed by atoms with Crippen molar-refractivity contribution < 1.29 is 9.53 Å². The number of carbonyl (C=O) groups is 1. The second-order valence-corrected chi connectivity index (χ2v) is 8.38. The number of hydrogen-bond acceptors (Lipinski definition) is 3. The molecule has 1 saturated heterocycles. The van der Waals surface area contributed by atoms with Gasteiger partial charge in [0.2, 0.25) is 5.91 Å².